The van der Waals surface area contributed by atoms with E-state index in [4.69, 9.17) is 15.7 Å². The van der Waals surface area contributed by atoms with E-state index in [0.29, 0.717) is 38.9 Å². The molecule has 0 unspecified atom stereocenters. The van der Waals surface area contributed by atoms with Crippen LogP contribution < -0.4 is 10.6 Å². The summed E-state index contributed by atoms with van der Waals surface area (Å²) in [6, 6.07) is 7.79. The van der Waals surface area contributed by atoms with Gasteiger partial charge in [-0.1, -0.05) is 0 Å². The van der Waals surface area contributed by atoms with Crippen molar-refractivity contribution >= 4 is 45.0 Å². The number of nitrogens with two attached hydrogens (primary N) is 1. The number of fused-ring (bicyclic) bond motifs is 2. The number of nitrogens with one attached hydrogen (secondary N) is 2. The summed E-state index contributed by atoms with van der Waals surface area (Å²) in [6.45, 7) is 3.10. The number of pyridine rings is 2. The molecule has 11 nitrogen and oxygen atoms in total. The predicted octanol–water partition coefficient (Wildman–Crippen LogP) is 3.43. The van der Waals surface area contributed by atoms with Crippen molar-refractivity contribution in [2.24, 2.45) is 5.73 Å². The molecule has 1 fully saturated rings. The van der Waals surface area contributed by atoms with Crippen molar-refractivity contribution in [2.45, 2.75) is 13.0 Å². The molecule has 0 aliphatic carbocycles. The number of H-pyrrole nitrogens is 2. The van der Waals surface area contributed by atoms with Crippen LogP contribution in [0.5, 0.6) is 0 Å². The summed E-state index contributed by atoms with van der Waals surface area (Å²) in [5, 5.41) is 8.40. The summed E-state index contributed by atoms with van der Waals surface area (Å²) in [6.07, 6.45) is 6.90. The van der Waals surface area contributed by atoms with E-state index in [1.54, 1.807) is 31.7 Å². The first-order valence-corrected chi connectivity index (χ1v) is 12.5. The molecule has 37 heavy (non-hydrogen) atoms. The van der Waals surface area contributed by atoms with Gasteiger partial charge in [-0.3, -0.25) is 19.9 Å². The average Bonchev–Trinajstić information content (AvgIpc) is 3.64. The van der Waals surface area contributed by atoms with Crippen molar-refractivity contribution in [1.29, 1.82) is 0 Å². The Hall–Kier alpha value is -4.55. The number of aromatic nitrogens is 8. The molecule has 0 spiro atoms. The summed E-state index contributed by atoms with van der Waals surface area (Å²) >= 11 is 1.44. The number of thiophene rings is 1. The Balaban J connectivity index is 1.29. The largest absolute Gasteiger partial charge is 0.352 e. The fourth-order valence-electron chi connectivity index (χ4n) is 4.46. The molecule has 1 aliphatic rings. The number of hydrogen-bond acceptors (Lipinski definition) is 10. The average molecular weight is 509 g/mol. The van der Waals surface area contributed by atoms with Crippen LogP contribution in [0.3, 0.4) is 0 Å². The van der Waals surface area contributed by atoms with Gasteiger partial charge in [0, 0.05) is 41.2 Å². The predicted molar refractivity (Wildman–Crippen MR) is 141 cm³/mol. The van der Waals surface area contributed by atoms with Crippen LogP contribution in [0.1, 0.15) is 16.6 Å². The third-order valence-electron chi connectivity index (χ3n) is 6.39. The van der Waals surface area contributed by atoms with Crippen molar-refractivity contribution in [3.05, 3.63) is 53.9 Å². The van der Waals surface area contributed by atoms with Crippen LogP contribution in [-0.2, 0) is 0 Å². The van der Waals surface area contributed by atoms with Crippen LogP contribution in [0.2, 0.25) is 0 Å². The minimum Gasteiger partial charge on any atom is -0.352 e. The van der Waals surface area contributed by atoms with E-state index in [9.17, 15) is 4.79 Å². The minimum absolute atomic E-state index is 0.0420. The Morgan fingerprint density at radius 2 is 2.00 bits per heavy atom. The van der Waals surface area contributed by atoms with Gasteiger partial charge in [0.1, 0.15) is 22.7 Å². The first-order valence-electron chi connectivity index (χ1n) is 11.7. The van der Waals surface area contributed by atoms with Crippen molar-refractivity contribution < 1.29 is 4.79 Å². The Labute approximate surface area is 213 Å². The standard InChI is InChI=1S/C25H20N10OS/c1-12(36)19-2-3-20(37-19)14-4-5-28-24-22(14)31-25(32-24)23-15-6-16(29-8-17(15)33-34-23)18-7-27-9-21(30-18)35-10-13(26)11-35/h2-9,13H,10-11,26H2,1H3,(H,33,34)(H,28,31,32). The number of Topliss-reactive ketones (excluding diaryl/α,β-unsaturated/α-hetero) is 1. The monoisotopic (exact) mass is 508 g/mol. The Morgan fingerprint density at radius 3 is 2.81 bits per heavy atom. The van der Waals surface area contributed by atoms with E-state index < -0.39 is 0 Å². The zero-order valence-corrected chi connectivity index (χ0v) is 20.5. The van der Waals surface area contributed by atoms with E-state index in [2.05, 4.69) is 35.0 Å². The van der Waals surface area contributed by atoms with Gasteiger partial charge < -0.3 is 15.6 Å². The first-order chi connectivity index (χ1) is 18.0. The lowest BCUT2D eigenvalue weighted by molar-refractivity contribution is 0.102. The fourth-order valence-corrected chi connectivity index (χ4v) is 5.39. The van der Waals surface area contributed by atoms with Crippen molar-refractivity contribution in [1.82, 2.24) is 40.1 Å². The van der Waals surface area contributed by atoms with Gasteiger partial charge in [-0.15, -0.1) is 11.3 Å². The third-order valence-corrected chi connectivity index (χ3v) is 7.61. The summed E-state index contributed by atoms with van der Waals surface area (Å²) in [5.41, 5.74) is 11.0. The molecule has 4 N–H and O–H groups in total. The summed E-state index contributed by atoms with van der Waals surface area (Å²) in [5.74, 6) is 1.40. The molecule has 1 aliphatic heterocycles. The second-order valence-electron chi connectivity index (χ2n) is 8.98. The zero-order chi connectivity index (χ0) is 25.1. The number of ketones is 1. The summed E-state index contributed by atoms with van der Waals surface area (Å²) < 4.78 is 0. The number of carbonyl (C=O) groups is 1. The number of imidazole rings is 1. The molecule has 0 amide bonds. The topological polar surface area (TPSA) is 155 Å². The van der Waals surface area contributed by atoms with Crippen molar-refractivity contribution in [3.63, 3.8) is 0 Å². The van der Waals surface area contributed by atoms with E-state index >= 15 is 0 Å². The number of anilines is 1. The minimum atomic E-state index is 0.0420. The lowest BCUT2D eigenvalue weighted by Gasteiger charge is -2.37. The van der Waals surface area contributed by atoms with Gasteiger partial charge in [-0.2, -0.15) is 5.10 Å². The highest BCUT2D eigenvalue weighted by Crippen LogP contribution is 2.34. The molecular formula is C25H20N10OS. The maximum absolute atomic E-state index is 11.8. The van der Waals surface area contributed by atoms with Gasteiger partial charge >= 0.3 is 0 Å². The van der Waals surface area contributed by atoms with E-state index in [0.717, 1.165) is 40.3 Å². The first kappa shape index (κ1) is 21.7. The lowest BCUT2D eigenvalue weighted by atomic mass is 10.1. The van der Waals surface area contributed by atoms with E-state index in [1.807, 2.05) is 24.3 Å². The normalized spacial score (nSPS) is 13.9. The molecule has 6 aromatic heterocycles. The zero-order valence-electron chi connectivity index (χ0n) is 19.6. The molecule has 0 saturated carbocycles. The number of rotatable bonds is 5. The van der Waals surface area contributed by atoms with Gasteiger partial charge in [-0.25, -0.2) is 15.0 Å². The quantitative estimate of drug-likeness (QED) is 0.297. The number of nitrogens with zero attached hydrogens (tertiary/aromatic N) is 7. The molecule has 1 saturated heterocycles. The fraction of sp³-hybridized carbons (Fsp3) is 0.160. The molecule has 0 bridgehead atoms. The van der Waals surface area contributed by atoms with Gasteiger partial charge in [0.15, 0.2) is 17.3 Å². The maximum atomic E-state index is 11.8. The highest BCUT2D eigenvalue weighted by molar-refractivity contribution is 7.17. The molecular weight excluding hydrogens is 488 g/mol. The number of carbonyl (C=O) groups excluding carboxylic acids is 1. The molecule has 0 radical (unpaired) electrons. The SMILES string of the molecule is CC(=O)c1ccc(-c2ccnc3[nH]c(-c4n[nH]c5cnc(-c6cncc(N7CC(N)C7)n6)cc45)nc23)s1. The highest BCUT2D eigenvalue weighted by atomic mass is 32.1. The van der Waals surface area contributed by atoms with Gasteiger partial charge in [-0.05, 0) is 31.2 Å². The molecule has 6 aromatic rings. The van der Waals surface area contributed by atoms with Gasteiger partial charge in [0.05, 0.1) is 34.7 Å². The molecule has 182 valence electrons. The molecule has 0 atom stereocenters. The van der Waals surface area contributed by atoms with E-state index in [-0.39, 0.29) is 11.8 Å². The molecule has 7 heterocycles. The molecule has 7 rings (SSSR count). The second kappa shape index (κ2) is 8.25. The third kappa shape index (κ3) is 3.65. The van der Waals surface area contributed by atoms with Crippen molar-refractivity contribution in [3.8, 4) is 33.3 Å². The summed E-state index contributed by atoms with van der Waals surface area (Å²) in [7, 11) is 0. The highest BCUT2D eigenvalue weighted by Gasteiger charge is 2.25. The number of hydrogen-bond donors (Lipinski definition) is 3. The van der Waals surface area contributed by atoms with Gasteiger partial charge in [0.2, 0.25) is 0 Å². The Morgan fingerprint density at radius 1 is 1.11 bits per heavy atom. The second-order valence-corrected chi connectivity index (χ2v) is 10.1. The van der Waals surface area contributed by atoms with Crippen molar-refractivity contribution in [2.75, 3.05) is 18.0 Å². The molecule has 12 heteroatoms. The van der Waals surface area contributed by atoms with Crippen LogP contribution in [0.15, 0.2) is 49.1 Å². The molecule has 0 aromatic carbocycles. The lowest BCUT2D eigenvalue weighted by Crippen LogP contribution is -2.56. The Kier molecular flexibility index (Phi) is 4.84. The van der Waals surface area contributed by atoms with Gasteiger partial charge in [0.25, 0.3) is 0 Å². The maximum Gasteiger partial charge on any atom is 0.169 e. The van der Waals surface area contributed by atoms with E-state index in [1.165, 1.54) is 11.3 Å². The van der Waals surface area contributed by atoms with Crippen LogP contribution in [0, 0.1) is 0 Å². The smallest absolute Gasteiger partial charge is 0.169 e. The van der Waals surface area contributed by atoms with Crippen LogP contribution in [0.25, 0.3) is 55.4 Å². The van der Waals surface area contributed by atoms with Crippen LogP contribution >= 0.6 is 11.3 Å². The van der Waals surface area contributed by atoms with Crippen LogP contribution in [0.4, 0.5) is 5.82 Å². The Bertz CT molecular complexity index is 1810. The van der Waals surface area contributed by atoms with Crippen LogP contribution in [-0.4, -0.2) is 65.0 Å². The number of aromatic amines is 2. The summed E-state index contributed by atoms with van der Waals surface area (Å²) in [4.78, 5) is 41.8.